The molecule has 2 aromatic carbocycles. The van der Waals surface area contributed by atoms with Crippen molar-refractivity contribution in [3.8, 4) is 0 Å². The second-order valence-corrected chi connectivity index (χ2v) is 8.03. The predicted octanol–water partition coefficient (Wildman–Crippen LogP) is 3.24. The maximum absolute atomic E-state index is 13.0. The van der Waals surface area contributed by atoms with Crippen LogP contribution in [0.3, 0.4) is 0 Å². The number of rotatable bonds is 4. The van der Waals surface area contributed by atoms with Gasteiger partial charge in [0.05, 0.1) is 11.8 Å². The molecule has 0 saturated carbocycles. The van der Waals surface area contributed by atoms with E-state index in [1.165, 1.54) is 0 Å². The fraction of sp³-hybridized carbons (Fsp3) is 0.100. The first kappa shape index (κ1) is 22.4. The number of nitrogens with two attached hydrogens (primary N) is 1. The molecule has 29 heavy (non-hydrogen) atoms. The van der Waals surface area contributed by atoms with Crippen LogP contribution in [0, 0.1) is 5.41 Å². The number of carbonyl (C=O) groups is 1. The molecule has 152 valence electrons. The lowest BCUT2D eigenvalue weighted by atomic mass is 9.92. The number of amidine groups is 1. The highest BCUT2D eigenvalue weighted by molar-refractivity contribution is 7.85. The molecule has 1 aliphatic heterocycles. The van der Waals surface area contributed by atoms with Crippen molar-refractivity contribution in [2.75, 3.05) is 18.1 Å². The largest absolute Gasteiger partial charge is 0.384 e. The molecule has 0 aromatic heterocycles. The molecule has 0 saturated heterocycles. The number of halogens is 1. The van der Waals surface area contributed by atoms with Crippen LogP contribution in [0.2, 0.25) is 5.02 Å². The highest BCUT2D eigenvalue weighted by atomic mass is 35.5. The van der Waals surface area contributed by atoms with Gasteiger partial charge in [0.15, 0.2) is 5.78 Å². The van der Waals surface area contributed by atoms with Crippen molar-refractivity contribution in [2.45, 2.75) is 0 Å². The Balaban J connectivity index is 0.000000537. The van der Waals surface area contributed by atoms with Crippen LogP contribution in [0.4, 0.5) is 5.69 Å². The molecule has 2 aromatic rings. The van der Waals surface area contributed by atoms with E-state index in [0.29, 0.717) is 23.4 Å². The summed E-state index contributed by atoms with van der Waals surface area (Å²) in [7, 11) is -3.67. The maximum Gasteiger partial charge on any atom is 0.261 e. The van der Waals surface area contributed by atoms with Crippen molar-refractivity contribution in [3.63, 3.8) is 0 Å². The lowest BCUT2D eigenvalue weighted by Gasteiger charge is -2.19. The zero-order chi connectivity index (χ0) is 21.6. The molecular formula is C20H20ClN3O4S. The molecule has 0 bridgehead atoms. The van der Waals surface area contributed by atoms with E-state index in [0.717, 1.165) is 16.8 Å². The predicted molar refractivity (Wildman–Crippen MR) is 117 cm³/mol. The number of carbonyl (C=O) groups excluding carboxylic acids is 1. The number of ketones is 1. The van der Waals surface area contributed by atoms with Gasteiger partial charge in [0.1, 0.15) is 5.84 Å². The van der Waals surface area contributed by atoms with E-state index < -0.39 is 10.1 Å². The number of hydrogen-bond donors (Lipinski definition) is 4. The first-order chi connectivity index (χ1) is 13.6. The molecule has 0 aliphatic carbocycles. The number of fused-ring (bicyclic) bond motifs is 1. The number of benzene rings is 2. The van der Waals surface area contributed by atoms with Crippen LogP contribution in [0.1, 0.15) is 11.1 Å². The van der Waals surface area contributed by atoms with E-state index in [2.05, 4.69) is 5.32 Å². The van der Waals surface area contributed by atoms with Crippen molar-refractivity contribution < 1.29 is 17.8 Å². The van der Waals surface area contributed by atoms with E-state index in [-0.39, 0.29) is 17.2 Å². The molecule has 0 amide bonds. The SMILES string of the molecule is CS(=O)(=O)O.N=C(N)/C(=C\c1ccc(Cl)cc1)C(=O)C1=CCNc2ccccc21. The van der Waals surface area contributed by atoms with Crippen molar-refractivity contribution in [1.82, 2.24) is 0 Å². The number of Topliss-reactive ketones (excluding diaryl/α,β-unsaturated/α-hetero) is 1. The normalized spacial score (nSPS) is 13.2. The van der Waals surface area contributed by atoms with Gasteiger partial charge in [-0.05, 0) is 29.8 Å². The lowest BCUT2D eigenvalue weighted by molar-refractivity contribution is -0.110. The Morgan fingerprint density at radius 1 is 1.21 bits per heavy atom. The minimum Gasteiger partial charge on any atom is -0.384 e. The Hall–Kier alpha value is -2.94. The monoisotopic (exact) mass is 433 g/mol. The number of nitrogens with one attached hydrogen (secondary N) is 2. The molecule has 0 atom stereocenters. The van der Waals surface area contributed by atoms with E-state index >= 15 is 0 Å². The average Bonchev–Trinajstić information content (AvgIpc) is 2.65. The molecule has 7 nitrogen and oxygen atoms in total. The Labute approximate surface area is 174 Å². The van der Waals surface area contributed by atoms with Gasteiger partial charge < -0.3 is 11.1 Å². The third-order valence-electron chi connectivity index (χ3n) is 3.78. The number of allylic oxidation sites excluding steroid dienone is 1. The van der Waals surface area contributed by atoms with E-state index in [1.807, 2.05) is 30.3 Å². The smallest absolute Gasteiger partial charge is 0.261 e. The van der Waals surface area contributed by atoms with E-state index in [1.54, 1.807) is 30.3 Å². The Bertz CT molecular complexity index is 1080. The molecule has 1 aliphatic rings. The summed E-state index contributed by atoms with van der Waals surface area (Å²) < 4.78 is 25.9. The van der Waals surface area contributed by atoms with Crippen LogP contribution < -0.4 is 11.1 Å². The molecule has 0 unspecified atom stereocenters. The van der Waals surface area contributed by atoms with Crippen molar-refractivity contribution in [2.24, 2.45) is 5.73 Å². The molecule has 0 spiro atoms. The molecule has 1 heterocycles. The van der Waals surface area contributed by atoms with Crippen LogP contribution >= 0.6 is 11.6 Å². The second-order valence-electron chi connectivity index (χ2n) is 6.13. The maximum atomic E-state index is 13.0. The van der Waals surface area contributed by atoms with Crippen molar-refractivity contribution >= 4 is 50.7 Å². The van der Waals surface area contributed by atoms with Crippen LogP contribution in [0.15, 0.2) is 60.2 Å². The minimum atomic E-state index is -3.67. The van der Waals surface area contributed by atoms with Gasteiger partial charge in [0.25, 0.3) is 10.1 Å². The van der Waals surface area contributed by atoms with Gasteiger partial charge in [-0.15, -0.1) is 0 Å². The van der Waals surface area contributed by atoms with Crippen molar-refractivity contribution in [3.05, 3.63) is 76.3 Å². The van der Waals surface area contributed by atoms with E-state index in [9.17, 15) is 13.2 Å². The Morgan fingerprint density at radius 2 is 1.79 bits per heavy atom. The lowest BCUT2D eigenvalue weighted by Crippen LogP contribution is -2.22. The van der Waals surface area contributed by atoms with Crippen LogP contribution in [-0.2, 0) is 14.9 Å². The molecule has 0 radical (unpaired) electrons. The molecule has 3 rings (SSSR count). The fourth-order valence-electron chi connectivity index (χ4n) is 2.60. The first-order valence-corrected chi connectivity index (χ1v) is 10.6. The summed E-state index contributed by atoms with van der Waals surface area (Å²) in [4.78, 5) is 13.0. The summed E-state index contributed by atoms with van der Waals surface area (Å²) in [6, 6.07) is 14.6. The van der Waals surface area contributed by atoms with Gasteiger partial charge in [0, 0.05) is 28.4 Å². The van der Waals surface area contributed by atoms with Gasteiger partial charge >= 0.3 is 0 Å². The minimum absolute atomic E-state index is 0.167. The standard InChI is InChI=1S/C19H16ClN3O.CH4O3S/c20-13-7-5-12(6-8-13)11-16(19(21)22)18(24)15-9-10-23-17-4-2-1-3-14(15)17;1-5(2,3)4/h1-9,11,23H,10H2,(H3,21,22);1H3,(H,2,3,4)/b16-11-;. The first-order valence-electron chi connectivity index (χ1n) is 8.38. The van der Waals surface area contributed by atoms with Crippen LogP contribution in [0.5, 0.6) is 0 Å². The van der Waals surface area contributed by atoms with Gasteiger partial charge in [0.2, 0.25) is 0 Å². The molecule has 5 N–H and O–H groups in total. The molecule has 9 heteroatoms. The van der Waals surface area contributed by atoms with Crippen LogP contribution in [0.25, 0.3) is 11.6 Å². The summed E-state index contributed by atoms with van der Waals surface area (Å²) in [5, 5.41) is 11.6. The van der Waals surface area contributed by atoms with E-state index in [4.69, 9.17) is 27.3 Å². The number of hydrogen-bond acceptors (Lipinski definition) is 5. The summed E-state index contributed by atoms with van der Waals surface area (Å²) in [5.41, 5.74) is 8.87. The highest BCUT2D eigenvalue weighted by Gasteiger charge is 2.22. The number of anilines is 1. The molecular weight excluding hydrogens is 414 g/mol. The third-order valence-corrected chi connectivity index (χ3v) is 4.03. The van der Waals surface area contributed by atoms with Crippen LogP contribution in [-0.4, -0.2) is 37.4 Å². The van der Waals surface area contributed by atoms with Crippen molar-refractivity contribution in [1.29, 1.82) is 5.41 Å². The highest BCUT2D eigenvalue weighted by Crippen LogP contribution is 2.30. The zero-order valence-corrected chi connectivity index (χ0v) is 17.1. The summed E-state index contributed by atoms with van der Waals surface area (Å²) in [5.74, 6) is -0.515. The fourth-order valence-corrected chi connectivity index (χ4v) is 2.72. The Morgan fingerprint density at radius 3 is 2.38 bits per heavy atom. The van der Waals surface area contributed by atoms with Gasteiger partial charge in [-0.1, -0.05) is 48.0 Å². The zero-order valence-electron chi connectivity index (χ0n) is 15.5. The second kappa shape index (κ2) is 9.51. The topological polar surface area (TPSA) is 133 Å². The van der Waals surface area contributed by atoms with Gasteiger partial charge in [-0.2, -0.15) is 8.42 Å². The van der Waals surface area contributed by atoms with Gasteiger partial charge in [-0.25, -0.2) is 0 Å². The van der Waals surface area contributed by atoms with Gasteiger partial charge in [-0.3, -0.25) is 14.8 Å². The summed E-state index contributed by atoms with van der Waals surface area (Å²) in [6.45, 7) is 0.560. The quantitative estimate of drug-likeness (QED) is 0.253. The average molecular weight is 434 g/mol. The molecule has 0 fully saturated rings. The summed E-state index contributed by atoms with van der Waals surface area (Å²) >= 11 is 5.88. The third kappa shape index (κ3) is 6.86. The number of para-hydroxylation sites is 1. The Kier molecular flexibility index (Phi) is 7.33. The summed E-state index contributed by atoms with van der Waals surface area (Å²) in [6.07, 6.45) is 4.16.